The summed E-state index contributed by atoms with van der Waals surface area (Å²) in [5.74, 6) is 0. The van der Waals surface area contributed by atoms with Gasteiger partial charge in [-0.25, -0.2) is 4.79 Å². The van der Waals surface area contributed by atoms with Gasteiger partial charge < -0.3 is 16.0 Å². The van der Waals surface area contributed by atoms with Crippen LogP contribution in [0.5, 0.6) is 0 Å². The second-order valence-electron chi connectivity index (χ2n) is 5.10. The molecular weight excluding hydrogens is 282 g/mol. The minimum absolute atomic E-state index is 0.0431. The number of likely N-dealkylation sites (N-methyl/N-ethyl adjacent to an activating group) is 1. The van der Waals surface area contributed by atoms with E-state index in [4.69, 9.17) is 5.73 Å². The van der Waals surface area contributed by atoms with Crippen LogP contribution in [-0.2, 0) is 6.42 Å². The highest BCUT2D eigenvalue weighted by molar-refractivity contribution is 7.09. The summed E-state index contributed by atoms with van der Waals surface area (Å²) in [7, 11) is 1.80. The van der Waals surface area contributed by atoms with E-state index in [-0.39, 0.29) is 12.1 Å². The number of anilines is 1. The lowest BCUT2D eigenvalue weighted by Gasteiger charge is -2.18. The molecule has 2 aromatic rings. The van der Waals surface area contributed by atoms with E-state index in [0.717, 1.165) is 17.7 Å². The largest absolute Gasteiger partial charge is 0.327 e. The normalized spacial score (nSPS) is 12.0. The molecule has 0 aliphatic rings. The standard InChI is InChI=1S/C16H21N3OS/c1-12(17)13-5-3-6-14(11-13)18-16(20)19(2)9-8-15-7-4-10-21-15/h3-7,10-12H,8-9,17H2,1-2H3,(H,18,20). The summed E-state index contributed by atoms with van der Waals surface area (Å²) in [5, 5.41) is 4.95. The van der Waals surface area contributed by atoms with Crippen molar-refractivity contribution in [3.8, 4) is 0 Å². The highest BCUT2D eigenvalue weighted by atomic mass is 32.1. The van der Waals surface area contributed by atoms with Gasteiger partial charge in [0.25, 0.3) is 0 Å². The number of urea groups is 1. The lowest BCUT2D eigenvalue weighted by Crippen LogP contribution is -2.32. The van der Waals surface area contributed by atoms with Gasteiger partial charge in [0.1, 0.15) is 0 Å². The monoisotopic (exact) mass is 303 g/mol. The van der Waals surface area contributed by atoms with Crippen molar-refractivity contribution in [1.82, 2.24) is 4.90 Å². The molecule has 0 aliphatic heterocycles. The lowest BCUT2D eigenvalue weighted by molar-refractivity contribution is 0.223. The summed E-state index contributed by atoms with van der Waals surface area (Å²) < 4.78 is 0. The fourth-order valence-corrected chi connectivity index (χ4v) is 2.65. The molecule has 1 aromatic carbocycles. The van der Waals surface area contributed by atoms with E-state index in [0.29, 0.717) is 6.54 Å². The Hall–Kier alpha value is -1.85. The summed E-state index contributed by atoms with van der Waals surface area (Å²) in [5.41, 5.74) is 7.64. The molecule has 0 spiro atoms. The van der Waals surface area contributed by atoms with Crippen LogP contribution in [0.4, 0.5) is 10.5 Å². The van der Waals surface area contributed by atoms with Crippen LogP contribution in [0.2, 0.25) is 0 Å². The van der Waals surface area contributed by atoms with Gasteiger partial charge in [-0.3, -0.25) is 0 Å². The maximum absolute atomic E-state index is 12.1. The molecular formula is C16H21N3OS. The van der Waals surface area contributed by atoms with Crippen LogP contribution in [-0.4, -0.2) is 24.5 Å². The number of amides is 2. The van der Waals surface area contributed by atoms with Crippen molar-refractivity contribution in [2.75, 3.05) is 18.9 Å². The van der Waals surface area contributed by atoms with Crippen molar-refractivity contribution in [3.05, 3.63) is 52.2 Å². The molecule has 2 amide bonds. The molecule has 2 rings (SSSR count). The number of hydrogen-bond donors (Lipinski definition) is 2. The van der Waals surface area contributed by atoms with Crippen LogP contribution < -0.4 is 11.1 Å². The first kappa shape index (κ1) is 15.5. The lowest BCUT2D eigenvalue weighted by atomic mass is 10.1. The highest BCUT2D eigenvalue weighted by Gasteiger charge is 2.10. The average molecular weight is 303 g/mol. The molecule has 0 aliphatic carbocycles. The Kier molecular flexibility index (Phi) is 5.36. The third-order valence-corrected chi connectivity index (χ3v) is 4.22. The maximum Gasteiger partial charge on any atom is 0.321 e. The number of carbonyl (C=O) groups is 1. The van der Waals surface area contributed by atoms with E-state index in [1.807, 2.05) is 37.3 Å². The minimum Gasteiger partial charge on any atom is -0.327 e. The quantitative estimate of drug-likeness (QED) is 0.888. The van der Waals surface area contributed by atoms with Crippen molar-refractivity contribution >= 4 is 23.1 Å². The van der Waals surface area contributed by atoms with Gasteiger partial charge in [0.2, 0.25) is 0 Å². The first-order valence-electron chi connectivity index (χ1n) is 6.96. The molecule has 1 unspecified atom stereocenters. The number of nitrogens with zero attached hydrogens (tertiary/aromatic N) is 1. The van der Waals surface area contributed by atoms with Gasteiger partial charge >= 0.3 is 6.03 Å². The van der Waals surface area contributed by atoms with Crippen molar-refractivity contribution in [3.63, 3.8) is 0 Å². The van der Waals surface area contributed by atoms with E-state index in [2.05, 4.69) is 16.8 Å². The smallest absolute Gasteiger partial charge is 0.321 e. The van der Waals surface area contributed by atoms with Crippen molar-refractivity contribution < 1.29 is 4.79 Å². The minimum atomic E-state index is -0.103. The summed E-state index contributed by atoms with van der Waals surface area (Å²) >= 11 is 1.71. The topological polar surface area (TPSA) is 58.4 Å². The van der Waals surface area contributed by atoms with Crippen molar-refractivity contribution in [1.29, 1.82) is 0 Å². The molecule has 21 heavy (non-hydrogen) atoms. The van der Waals surface area contributed by atoms with Crippen molar-refractivity contribution in [2.45, 2.75) is 19.4 Å². The first-order chi connectivity index (χ1) is 10.1. The van der Waals surface area contributed by atoms with Crippen LogP contribution in [0.15, 0.2) is 41.8 Å². The molecule has 112 valence electrons. The van der Waals surface area contributed by atoms with Crippen LogP contribution >= 0.6 is 11.3 Å². The number of rotatable bonds is 5. The fourth-order valence-electron chi connectivity index (χ4n) is 1.95. The molecule has 1 heterocycles. The van der Waals surface area contributed by atoms with E-state index in [9.17, 15) is 4.79 Å². The number of hydrogen-bond acceptors (Lipinski definition) is 3. The zero-order valence-corrected chi connectivity index (χ0v) is 13.2. The van der Waals surface area contributed by atoms with Gasteiger partial charge in [0, 0.05) is 30.2 Å². The predicted octanol–water partition coefficient (Wildman–Crippen LogP) is 3.47. The van der Waals surface area contributed by atoms with Gasteiger partial charge in [-0.05, 0) is 42.5 Å². The molecule has 5 heteroatoms. The molecule has 3 N–H and O–H groups in total. The van der Waals surface area contributed by atoms with E-state index >= 15 is 0 Å². The SMILES string of the molecule is CC(N)c1cccc(NC(=O)N(C)CCc2cccs2)c1. The van der Waals surface area contributed by atoms with E-state index in [1.165, 1.54) is 4.88 Å². The molecule has 4 nitrogen and oxygen atoms in total. The molecule has 1 aromatic heterocycles. The second kappa shape index (κ2) is 7.24. The van der Waals surface area contributed by atoms with Gasteiger partial charge in [-0.1, -0.05) is 18.2 Å². The third-order valence-electron chi connectivity index (χ3n) is 3.28. The van der Waals surface area contributed by atoms with Crippen molar-refractivity contribution in [2.24, 2.45) is 5.73 Å². The van der Waals surface area contributed by atoms with Crippen LogP contribution in [0.1, 0.15) is 23.4 Å². The molecule has 0 fully saturated rings. The zero-order chi connectivity index (χ0) is 15.2. The van der Waals surface area contributed by atoms with E-state index < -0.39 is 0 Å². The average Bonchev–Trinajstić information content (AvgIpc) is 2.98. The summed E-state index contributed by atoms with van der Waals surface area (Å²) in [4.78, 5) is 15.1. The fraction of sp³-hybridized carbons (Fsp3) is 0.312. The van der Waals surface area contributed by atoms with Crippen LogP contribution in [0, 0.1) is 0 Å². The second-order valence-corrected chi connectivity index (χ2v) is 6.13. The maximum atomic E-state index is 12.1. The number of nitrogens with two attached hydrogens (primary N) is 1. The van der Waals surface area contributed by atoms with Gasteiger partial charge in [0.15, 0.2) is 0 Å². The number of nitrogens with one attached hydrogen (secondary N) is 1. The first-order valence-corrected chi connectivity index (χ1v) is 7.84. The summed E-state index contributed by atoms with van der Waals surface area (Å²) in [6.45, 7) is 2.62. The number of carbonyl (C=O) groups excluding carboxylic acids is 1. The number of benzene rings is 1. The molecule has 0 bridgehead atoms. The Morgan fingerprint density at radius 3 is 2.86 bits per heavy atom. The predicted molar refractivity (Wildman–Crippen MR) is 88.7 cm³/mol. The Balaban J connectivity index is 1.89. The molecule has 0 saturated carbocycles. The Morgan fingerprint density at radius 2 is 2.19 bits per heavy atom. The highest BCUT2D eigenvalue weighted by Crippen LogP contribution is 2.16. The van der Waals surface area contributed by atoms with Crippen LogP contribution in [0.25, 0.3) is 0 Å². The molecule has 0 radical (unpaired) electrons. The summed E-state index contributed by atoms with van der Waals surface area (Å²) in [6.07, 6.45) is 0.876. The Morgan fingerprint density at radius 1 is 1.38 bits per heavy atom. The van der Waals surface area contributed by atoms with Gasteiger partial charge in [-0.15, -0.1) is 11.3 Å². The number of thiophene rings is 1. The van der Waals surface area contributed by atoms with Crippen LogP contribution in [0.3, 0.4) is 0 Å². The Labute approximate surface area is 129 Å². The molecule has 0 saturated heterocycles. The van der Waals surface area contributed by atoms with Gasteiger partial charge in [0.05, 0.1) is 0 Å². The summed E-state index contributed by atoms with van der Waals surface area (Å²) in [6, 6.07) is 11.6. The zero-order valence-electron chi connectivity index (χ0n) is 12.4. The third kappa shape index (κ3) is 4.58. The van der Waals surface area contributed by atoms with E-state index in [1.54, 1.807) is 23.3 Å². The molecule has 1 atom stereocenters. The Bertz CT molecular complexity index is 581. The van der Waals surface area contributed by atoms with Gasteiger partial charge in [-0.2, -0.15) is 0 Å².